The maximum Gasteiger partial charge on any atom is 0.339 e. The van der Waals surface area contributed by atoms with E-state index in [1.165, 1.54) is 23.1 Å². The number of halogens is 1. The van der Waals surface area contributed by atoms with Crippen molar-refractivity contribution in [2.75, 3.05) is 37.7 Å². The molecule has 1 aromatic carbocycles. The molecule has 2 aromatic heterocycles. The van der Waals surface area contributed by atoms with E-state index in [0.717, 1.165) is 18.8 Å². The highest BCUT2D eigenvalue weighted by molar-refractivity contribution is 5.95. The van der Waals surface area contributed by atoms with Crippen molar-refractivity contribution in [2.45, 2.75) is 20.3 Å². The number of aromatic nitrogens is 3. The Hall–Kier alpha value is -3.75. The average Bonchev–Trinajstić information content (AvgIpc) is 3.04. The molecule has 3 heterocycles. The maximum absolute atomic E-state index is 14.2. The molecule has 1 fully saturated rings. The Kier molecular flexibility index (Phi) is 6.67. The Morgan fingerprint density at radius 3 is 2.61 bits per heavy atom. The molecule has 1 aliphatic heterocycles. The number of pyridine rings is 1. The summed E-state index contributed by atoms with van der Waals surface area (Å²) in [6, 6.07) is 9.85. The van der Waals surface area contributed by atoms with E-state index in [4.69, 9.17) is 4.74 Å². The fraction of sp³-hybridized carbons (Fsp3) is 0.333. The first-order valence-corrected chi connectivity index (χ1v) is 11.0. The highest BCUT2D eigenvalue weighted by Crippen LogP contribution is 2.20. The first-order valence-electron chi connectivity index (χ1n) is 11.0. The number of benzene rings is 1. The lowest BCUT2D eigenvalue weighted by Crippen LogP contribution is -2.35. The molecule has 0 atom stereocenters. The number of hydrogen-bond acceptors (Lipinski definition) is 6. The van der Waals surface area contributed by atoms with Gasteiger partial charge in [-0.25, -0.2) is 18.9 Å². The van der Waals surface area contributed by atoms with Crippen LogP contribution in [-0.4, -0.2) is 64.3 Å². The molecule has 0 unspecified atom stereocenters. The predicted octanol–water partition coefficient (Wildman–Crippen LogP) is 3.24. The van der Waals surface area contributed by atoms with Crippen LogP contribution in [0, 0.1) is 12.7 Å². The second-order valence-corrected chi connectivity index (χ2v) is 7.77. The molecule has 1 aliphatic rings. The van der Waals surface area contributed by atoms with E-state index < -0.39 is 11.8 Å². The van der Waals surface area contributed by atoms with Gasteiger partial charge in [-0.1, -0.05) is 12.1 Å². The second-order valence-electron chi connectivity index (χ2n) is 7.77. The summed E-state index contributed by atoms with van der Waals surface area (Å²) in [6.45, 7) is 6.31. The lowest BCUT2D eigenvalue weighted by molar-refractivity contribution is 0.0525. The molecule has 172 valence electrons. The molecule has 33 heavy (non-hydrogen) atoms. The van der Waals surface area contributed by atoms with Crippen molar-refractivity contribution in [3.8, 4) is 5.69 Å². The zero-order valence-electron chi connectivity index (χ0n) is 18.7. The standard InChI is InChI=1S/C24H26FN5O3/c1-3-33-24(32)18-9-10-22(26-15-18)28-11-6-12-29(14-13-28)23(31)19-16-27-30(17(19)2)21-8-5-4-7-20(21)25/h4-5,7-10,15-16H,3,6,11-14H2,1-2H3. The van der Waals surface area contributed by atoms with Crippen LogP contribution < -0.4 is 4.90 Å². The van der Waals surface area contributed by atoms with Crippen molar-refractivity contribution in [1.29, 1.82) is 0 Å². The van der Waals surface area contributed by atoms with E-state index in [0.29, 0.717) is 48.7 Å². The van der Waals surface area contributed by atoms with Gasteiger partial charge in [-0.15, -0.1) is 0 Å². The lowest BCUT2D eigenvalue weighted by atomic mass is 10.2. The molecule has 0 radical (unpaired) electrons. The SMILES string of the molecule is CCOC(=O)c1ccc(N2CCCN(C(=O)c3cnn(-c4ccccc4F)c3C)CC2)nc1. The van der Waals surface area contributed by atoms with Gasteiger partial charge in [0.15, 0.2) is 0 Å². The summed E-state index contributed by atoms with van der Waals surface area (Å²) in [6.07, 6.45) is 3.79. The van der Waals surface area contributed by atoms with Gasteiger partial charge in [0.2, 0.25) is 0 Å². The summed E-state index contributed by atoms with van der Waals surface area (Å²) in [5, 5.41) is 4.26. The third-order valence-electron chi connectivity index (χ3n) is 5.69. The summed E-state index contributed by atoms with van der Waals surface area (Å²) in [5.74, 6) is -0.159. The number of rotatable bonds is 5. The quantitative estimate of drug-likeness (QED) is 0.554. The van der Waals surface area contributed by atoms with Crippen LogP contribution >= 0.6 is 0 Å². The zero-order chi connectivity index (χ0) is 23.4. The Morgan fingerprint density at radius 2 is 1.88 bits per heavy atom. The third-order valence-corrected chi connectivity index (χ3v) is 5.69. The van der Waals surface area contributed by atoms with E-state index in [1.54, 1.807) is 49.1 Å². The fourth-order valence-corrected chi connectivity index (χ4v) is 3.91. The molecule has 0 bridgehead atoms. The molecule has 3 aromatic rings. The van der Waals surface area contributed by atoms with Crippen LogP contribution in [-0.2, 0) is 4.74 Å². The topological polar surface area (TPSA) is 80.6 Å². The van der Waals surface area contributed by atoms with Crippen molar-refractivity contribution in [3.63, 3.8) is 0 Å². The molecular formula is C24H26FN5O3. The first kappa shape index (κ1) is 22.4. The molecule has 4 rings (SSSR count). The molecule has 0 spiro atoms. The molecular weight excluding hydrogens is 425 g/mol. The number of carbonyl (C=O) groups excluding carboxylic acids is 2. The Balaban J connectivity index is 1.44. The van der Waals surface area contributed by atoms with E-state index in [2.05, 4.69) is 15.0 Å². The number of hydrogen-bond donors (Lipinski definition) is 0. The predicted molar refractivity (Wildman–Crippen MR) is 121 cm³/mol. The van der Waals surface area contributed by atoms with Crippen LogP contribution in [0.25, 0.3) is 5.69 Å². The minimum atomic E-state index is -0.394. The van der Waals surface area contributed by atoms with E-state index in [-0.39, 0.29) is 5.91 Å². The second kappa shape index (κ2) is 9.81. The minimum Gasteiger partial charge on any atom is -0.462 e. The average molecular weight is 452 g/mol. The van der Waals surface area contributed by atoms with Gasteiger partial charge in [0.25, 0.3) is 5.91 Å². The number of nitrogens with zero attached hydrogens (tertiary/aromatic N) is 5. The molecule has 1 amide bonds. The fourth-order valence-electron chi connectivity index (χ4n) is 3.91. The smallest absolute Gasteiger partial charge is 0.339 e. The van der Waals surface area contributed by atoms with Crippen molar-refractivity contribution in [1.82, 2.24) is 19.7 Å². The van der Waals surface area contributed by atoms with E-state index in [1.807, 2.05) is 0 Å². The monoisotopic (exact) mass is 451 g/mol. The number of para-hydroxylation sites is 1. The Bertz CT molecular complexity index is 1150. The lowest BCUT2D eigenvalue weighted by Gasteiger charge is -2.23. The van der Waals surface area contributed by atoms with Gasteiger partial charge >= 0.3 is 5.97 Å². The summed E-state index contributed by atoms with van der Waals surface area (Å²) >= 11 is 0. The van der Waals surface area contributed by atoms with Gasteiger partial charge in [0, 0.05) is 32.4 Å². The van der Waals surface area contributed by atoms with Crippen LogP contribution in [0.15, 0.2) is 48.8 Å². The zero-order valence-corrected chi connectivity index (χ0v) is 18.7. The molecule has 0 N–H and O–H groups in total. The number of carbonyl (C=O) groups is 2. The van der Waals surface area contributed by atoms with Gasteiger partial charge < -0.3 is 14.5 Å². The molecule has 0 aliphatic carbocycles. The van der Waals surface area contributed by atoms with Gasteiger partial charge in [0.05, 0.1) is 29.6 Å². The Morgan fingerprint density at radius 1 is 1.06 bits per heavy atom. The molecule has 8 nitrogen and oxygen atoms in total. The highest BCUT2D eigenvalue weighted by Gasteiger charge is 2.25. The van der Waals surface area contributed by atoms with Crippen LogP contribution in [0.4, 0.5) is 10.2 Å². The minimum absolute atomic E-state index is 0.123. The highest BCUT2D eigenvalue weighted by atomic mass is 19.1. The van der Waals surface area contributed by atoms with Crippen molar-refractivity contribution in [3.05, 3.63) is 71.4 Å². The number of ether oxygens (including phenoxy) is 1. The normalized spacial score (nSPS) is 14.2. The molecule has 9 heteroatoms. The van der Waals surface area contributed by atoms with Crippen molar-refractivity contribution < 1.29 is 18.7 Å². The van der Waals surface area contributed by atoms with Crippen LogP contribution in [0.1, 0.15) is 39.8 Å². The number of anilines is 1. The van der Waals surface area contributed by atoms with Gasteiger partial charge in [-0.2, -0.15) is 5.10 Å². The summed E-state index contributed by atoms with van der Waals surface area (Å²) in [5.41, 5.74) is 1.79. The number of esters is 1. The van der Waals surface area contributed by atoms with Gasteiger partial charge in [0.1, 0.15) is 17.3 Å². The molecule has 0 saturated carbocycles. The van der Waals surface area contributed by atoms with Crippen LogP contribution in [0.3, 0.4) is 0 Å². The third kappa shape index (κ3) is 4.72. The van der Waals surface area contributed by atoms with E-state index >= 15 is 0 Å². The summed E-state index contributed by atoms with van der Waals surface area (Å²) < 4.78 is 20.7. The molecule has 1 saturated heterocycles. The summed E-state index contributed by atoms with van der Waals surface area (Å²) in [4.78, 5) is 33.3. The first-order chi connectivity index (χ1) is 16.0. The maximum atomic E-state index is 14.2. The Labute approximate surface area is 191 Å². The van der Waals surface area contributed by atoms with Crippen molar-refractivity contribution >= 4 is 17.7 Å². The largest absolute Gasteiger partial charge is 0.462 e. The summed E-state index contributed by atoms with van der Waals surface area (Å²) in [7, 11) is 0. The van der Waals surface area contributed by atoms with Crippen LogP contribution in [0.5, 0.6) is 0 Å². The van der Waals surface area contributed by atoms with E-state index in [9.17, 15) is 14.0 Å². The van der Waals surface area contributed by atoms with Gasteiger partial charge in [-0.05, 0) is 44.5 Å². The van der Waals surface area contributed by atoms with Crippen LogP contribution in [0.2, 0.25) is 0 Å². The van der Waals surface area contributed by atoms with Crippen molar-refractivity contribution in [2.24, 2.45) is 0 Å². The number of amides is 1. The van der Waals surface area contributed by atoms with Gasteiger partial charge in [-0.3, -0.25) is 4.79 Å².